The fourth-order valence-corrected chi connectivity index (χ4v) is 3.76. The van der Waals surface area contributed by atoms with E-state index in [1.54, 1.807) is 18.2 Å². The molecule has 2 aromatic carbocycles. The lowest BCUT2D eigenvalue weighted by Crippen LogP contribution is -2.41. The number of carbonyl (C=O) groups is 2. The van der Waals surface area contributed by atoms with Crippen molar-refractivity contribution in [3.05, 3.63) is 47.5 Å². The van der Waals surface area contributed by atoms with Crippen LogP contribution in [0.1, 0.15) is 13.8 Å². The maximum atomic E-state index is 12.4. The molecule has 26 heavy (non-hydrogen) atoms. The van der Waals surface area contributed by atoms with Gasteiger partial charge in [0.1, 0.15) is 12.3 Å². The zero-order chi connectivity index (χ0) is 18.7. The molecule has 1 aliphatic heterocycles. The zero-order valence-electron chi connectivity index (χ0n) is 14.5. The maximum Gasteiger partial charge on any atom is 0.244 e. The number of rotatable bonds is 5. The minimum atomic E-state index is -0.284. The average Bonchev–Trinajstić information content (AvgIpc) is 2.59. The van der Waals surface area contributed by atoms with Crippen LogP contribution in [-0.2, 0) is 9.59 Å². The lowest BCUT2D eigenvalue weighted by molar-refractivity contribution is -0.120. The Labute approximate surface area is 161 Å². The van der Waals surface area contributed by atoms with Crippen LogP contribution in [0.2, 0.25) is 5.02 Å². The highest BCUT2D eigenvalue weighted by molar-refractivity contribution is 8.00. The first-order chi connectivity index (χ1) is 12.4. The van der Waals surface area contributed by atoms with Gasteiger partial charge >= 0.3 is 0 Å². The number of anilines is 2. The molecule has 1 aliphatic rings. The average molecular weight is 391 g/mol. The second kappa shape index (κ2) is 8.01. The normalized spacial score (nSPS) is 13.5. The molecule has 2 amide bonds. The molecule has 0 saturated heterocycles. The summed E-state index contributed by atoms with van der Waals surface area (Å²) >= 11 is 7.68. The van der Waals surface area contributed by atoms with Crippen molar-refractivity contribution in [1.82, 2.24) is 0 Å². The fraction of sp³-hybridized carbons (Fsp3) is 0.263. The molecule has 1 heterocycles. The van der Waals surface area contributed by atoms with E-state index in [1.165, 1.54) is 16.7 Å². The van der Waals surface area contributed by atoms with E-state index in [1.807, 2.05) is 38.1 Å². The van der Waals surface area contributed by atoms with Gasteiger partial charge in [-0.25, -0.2) is 0 Å². The summed E-state index contributed by atoms with van der Waals surface area (Å²) in [5.74, 6) is 0.533. The number of nitrogens with one attached hydrogen (secondary N) is 1. The molecule has 3 rings (SSSR count). The van der Waals surface area contributed by atoms with Crippen LogP contribution in [0.3, 0.4) is 0 Å². The van der Waals surface area contributed by atoms with Crippen molar-refractivity contribution in [2.45, 2.75) is 24.8 Å². The van der Waals surface area contributed by atoms with Crippen LogP contribution in [0.5, 0.6) is 5.75 Å². The SMILES string of the molecule is CC(C)Oc1ccc(NC(=O)CN2C(=O)CSc3ccccc32)cc1Cl. The Morgan fingerprint density at radius 1 is 1.31 bits per heavy atom. The number of carbonyl (C=O) groups excluding carboxylic acids is 2. The predicted molar refractivity (Wildman–Crippen MR) is 105 cm³/mol. The predicted octanol–water partition coefficient (Wildman–Crippen LogP) is 4.20. The van der Waals surface area contributed by atoms with Crippen LogP contribution >= 0.6 is 23.4 Å². The number of fused-ring (bicyclic) bond motifs is 1. The molecule has 136 valence electrons. The summed E-state index contributed by atoms with van der Waals surface area (Å²) in [6.45, 7) is 3.79. The van der Waals surface area contributed by atoms with Gasteiger partial charge in [0.25, 0.3) is 0 Å². The highest BCUT2D eigenvalue weighted by Crippen LogP contribution is 2.35. The van der Waals surface area contributed by atoms with Gasteiger partial charge in [-0.3, -0.25) is 9.59 Å². The van der Waals surface area contributed by atoms with Gasteiger partial charge in [0.05, 0.1) is 22.6 Å². The third kappa shape index (κ3) is 4.31. The van der Waals surface area contributed by atoms with Crippen molar-refractivity contribution in [1.29, 1.82) is 0 Å². The van der Waals surface area contributed by atoms with E-state index in [4.69, 9.17) is 16.3 Å². The molecule has 0 radical (unpaired) electrons. The van der Waals surface area contributed by atoms with Gasteiger partial charge in [-0.1, -0.05) is 23.7 Å². The summed E-state index contributed by atoms with van der Waals surface area (Å²) in [6.07, 6.45) is 0.0102. The Morgan fingerprint density at radius 2 is 2.08 bits per heavy atom. The van der Waals surface area contributed by atoms with Crippen LogP contribution < -0.4 is 15.0 Å². The van der Waals surface area contributed by atoms with Crippen molar-refractivity contribution < 1.29 is 14.3 Å². The third-order valence-electron chi connectivity index (χ3n) is 3.69. The fourth-order valence-electron chi connectivity index (χ4n) is 2.60. The van der Waals surface area contributed by atoms with Crippen LogP contribution in [0, 0.1) is 0 Å². The minimum absolute atomic E-state index is 0.0102. The highest BCUT2D eigenvalue weighted by Gasteiger charge is 2.26. The van der Waals surface area contributed by atoms with E-state index >= 15 is 0 Å². The van der Waals surface area contributed by atoms with Gasteiger partial charge in [-0.2, -0.15) is 0 Å². The lowest BCUT2D eigenvalue weighted by Gasteiger charge is -2.28. The van der Waals surface area contributed by atoms with Crippen molar-refractivity contribution >= 4 is 46.6 Å². The number of hydrogen-bond donors (Lipinski definition) is 1. The number of para-hydroxylation sites is 1. The van der Waals surface area contributed by atoms with Crippen molar-refractivity contribution in [2.24, 2.45) is 0 Å². The summed E-state index contributed by atoms with van der Waals surface area (Å²) in [7, 11) is 0. The first-order valence-electron chi connectivity index (χ1n) is 8.22. The third-order valence-corrected chi connectivity index (χ3v) is 5.03. The molecule has 0 aliphatic carbocycles. The molecule has 0 unspecified atom stereocenters. The summed E-state index contributed by atoms with van der Waals surface area (Å²) in [5.41, 5.74) is 1.32. The summed E-state index contributed by atoms with van der Waals surface area (Å²) < 4.78 is 5.58. The minimum Gasteiger partial charge on any atom is -0.489 e. The van der Waals surface area contributed by atoms with Gasteiger partial charge in [-0.05, 0) is 44.2 Å². The topological polar surface area (TPSA) is 58.6 Å². The second-order valence-electron chi connectivity index (χ2n) is 6.10. The Bertz CT molecular complexity index is 841. The Morgan fingerprint density at radius 3 is 2.81 bits per heavy atom. The number of ether oxygens (including phenoxy) is 1. The molecule has 5 nitrogen and oxygen atoms in total. The van der Waals surface area contributed by atoms with E-state index in [9.17, 15) is 9.59 Å². The van der Waals surface area contributed by atoms with Gasteiger partial charge in [0.15, 0.2) is 0 Å². The molecule has 0 aromatic heterocycles. The first-order valence-corrected chi connectivity index (χ1v) is 9.58. The van der Waals surface area contributed by atoms with E-state index in [2.05, 4.69) is 5.32 Å². The molecule has 7 heteroatoms. The highest BCUT2D eigenvalue weighted by atomic mass is 35.5. The monoisotopic (exact) mass is 390 g/mol. The number of nitrogens with zero attached hydrogens (tertiary/aromatic N) is 1. The van der Waals surface area contributed by atoms with Crippen LogP contribution in [-0.4, -0.2) is 30.2 Å². The van der Waals surface area contributed by atoms with E-state index in [-0.39, 0.29) is 24.5 Å². The summed E-state index contributed by atoms with van der Waals surface area (Å²) in [6, 6.07) is 12.7. The summed E-state index contributed by atoms with van der Waals surface area (Å²) in [5, 5.41) is 3.21. The molecule has 0 saturated carbocycles. The van der Waals surface area contributed by atoms with Crippen LogP contribution in [0.25, 0.3) is 0 Å². The molecule has 0 spiro atoms. The second-order valence-corrected chi connectivity index (χ2v) is 7.52. The molecular weight excluding hydrogens is 372 g/mol. The Kier molecular flexibility index (Phi) is 5.74. The molecule has 1 N–H and O–H groups in total. The van der Waals surface area contributed by atoms with Crippen molar-refractivity contribution in [3.63, 3.8) is 0 Å². The van der Waals surface area contributed by atoms with Gasteiger partial charge in [0, 0.05) is 10.6 Å². The van der Waals surface area contributed by atoms with E-state index < -0.39 is 0 Å². The largest absolute Gasteiger partial charge is 0.489 e. The lowest BCUT2D eigenvalue weighted by atomic mass is 10.2. The number of thioether (sulfide) groups is 1. The number of amides is 2. The zero-order valence-corrected chi connectivity index (χ0v) is 16.1. The summed E-state index contributed by atoms with van der Waals surface area (Å²) in [4.78, 5) is 27.2. The standard InChI is InChI=1S/C19H19ClN2O3S/c1-12(2)25-16-8-7-13(9-14(16)20)21-18(23)10-22-15-5-3-4-6-17(15)26-11-19(22)24/h3-9,12H,10-11H2,1-2H3,(H,21,23). The van der Waals surface area contributed by atoms with Crippen molar-refractivity contribution in [3.8, 4) is 5.75 Å². The van der Waals surface area contributed by atoms with Gasteiger partial charge < -0.3 is 15.0 Å². The maximum absolute atomic E-state index is 12.4. The number of benzene rings is 2. The van der Waals surface area contributed by atoms with Gasteiger partial charge in [-0.15, -0.1) is 11.8 Å². The van der Waals surface area contributed by atoms with Gasteiger partial charge in [0.2, 0.25) is 11.8 Å². The Balaban J connectivity index is 1.70. The smallest absolute Gasteiger partial charge is 0.244 e. The number of halogens is 1. The molecule has 0 fully saturated rings. The number of hydrogen-bond acceptors (Lipinski definition) is 4. The van der Waals surface area contributed by atoms with E-state index in [0.717, 1.165) is 10.6 Å². The van der Waals surface area contributed by atoms with E-state index in [0.29, 0.717) is 22.2 Å². The molecular formula is C19H19ClN2O3S. The Hall–Kier alpha value is -2.18. The van der Waals surface area contributed by atoms with Crippen LogP contribution in [0.4, 0.5) is 11.4 Å². The molecule has 2 aromatic rings. The quantitative estimate of drug-likeness (QED) is 0.831. The van der Waals surface area contributed by atoms with Crippen LogP contribution in [0.15, 0.2) is 47.4 Å². The van der Waals surface area contributed by atoms with Crippen molar-refractivity contribution in [2.75, 3.05) is 22.5 Å². The molecule has 0 atom stereocenters. The first kappa shape index (κ1) is 18.6. The molecule has 0 bridgehead atoms.